The molecular weight excluding hydrogens is 240 g/mol. The molecule has 1 aliphatic rings. The van der Waals surface area contributed by atoms with Crippen LogP contribution in [0.5, 0.6) is 0 Å². The summed E-state index contributed by atoms with van der Waals surface area (Å²) >= 11 is 0. The highest BCUT2D eigenvalue weighted by atomic mass is 15.2. The minimum atomic E-state index is 0.370. The maximum Gasteiger partial charge on any atom is 0.220 e. The number of nitrogens with zero attached hydrogens (tertiary/aromatic N) is 5. The second kappa shape index (κ2) is 4.62. The van der Waals surface area contributed by atoms with Crippen LogP contribution in [0.2, 0.25) is 0 Å². The predicted molar refractivity (Wildman–Crippen MR) is 72.2 cm³/mol. The molecule has 19 heavy (non-hydrogen) atoms. The Hall–Kier alpha value is -1.95. The maximum atomic E-state index is 5.62. The monoisotopic (exact) mass is 258 g/mol. The molecule has 2 aromatic rings. The van der Waals surface area contributed by atoms with Gasteiger partial charge in [-0.1, -0.05) is 0 Å². The summed E-state index contributed by atoms with van der Waals surface area (Å²) in [6, 6.07) is 0. The summed E-state index contributed by atoms with van der Waals surface area (Å²) in [5, 5.41) is 0. The fourth-order valence-corrected chi connectivity index (χ4v) is 2.45. The van der Waals surface area contributed by atoms with Crippen molar-refractivity contribution in [2.75, 3.05) is 12.3 Å². The molecule has 0 spiro atoms. The lowest BCUT2D eigenvalue weighted by Gasteiger charge is -2.27. The molecule has 0 atom stereocenters. The van der Waals surface area contributed by atoms with Crippen LogP contribution in [0.25, 0.3) is 0 Å². The van der Waals surface area contributed by atoms with Gasteiger partial charge < -0.3 is 10.3 Å². The van der Waals surface area contributed by atoms with Crippen LogP contribution in [0, 0.1) is 6.92 Å². The molecule has 0 aromatic carbocycles. The number of imidazole rings is 1. The summed E-state index contributed by atoms with van der Waals surface area (Å²) in [6.45, 7) is 4.79. The first-order valence-corrected chi connectivity index (χ1v) is 6.43. The van der Waals surface area contributed by atoms with Gasteiger partial charge >= 0.3 is 0 Å². The zero-order valence-corrected chi connectivity index (χ0v) is 11.3. The van der Waals surface area contributed by atoms with E-state index in [1.807, 2.05) is 19.3 Å². The molecular formula is C13H18N6. The summed E-state index contributed by atoms with van der Waals surface area (Å²) < 4.78 is 2.13. The van der Waals surface area contributed by atoms with Crippen molar-refractivity contribution in [1.29, 1.82) is 0 Å². The highest BCUT2D eigenvalue weighted by molar-refractivity contribution is 5.27. The molecule has 0 saturated carbocycles. The van der Waals surface area contributed by atoms with Crippen LogP contribution in [0.3, 0.4) is 0 Å². The standard InChI is InChI=1S/C13H18N6/c1-9-15-6-11(18(9)2)8-19-4-3-12-10(7-19)5-16-13(14)17-12/h5-6H,3-4,7-8H2,1-2H3,(H2,14,16,17). The first kappa shape index (κ1) is 12.1. The van der Waals surface area contributed by atoms with Crippen molar-refractivity contribution in [1.82, 2.24) is 24.4 Å². The highest BCUT2D eigenvalue weighted by Gasteiger charge is 2.19. The van der Waals surface area contributed by atoms with Crippen molar-refractivity contribution >= 4 is 5.95 Å². The Bertz CT molecular complexity index is 603. The van der Waals surface area contributed by atoms with Crippen molar-refractivity contribution in [3.05, 3.63) is 35.2 Å². The van der Waals surface area contributed by atoms with Gasteiger partial charge in [-0.25, -0.2) is 15.0 Å². The lowest BCUT2D eigenvalue weighted by molar-refractivity contribution is 0.237. The number of fused-ring (bicyclic) bond motifs is 1. The summed E-state index contributed by atoms with van der Waals surface area (Å²) in [4.78, 5) is 15.1. The molecule has 0 saturated heterocycles. The third kappa shape index (κ3) is 2.31. The molecule has 100 valence electrons. The van der Waals surface area contributed by atoms with E-state index in [1.54, 1.807) is 0 Å². The summed E-state index contributed by atoms with van der Waals surface area (Å²) in [7, 11) is 2.05. The Labute approximate surface area is 112 Å². The first-order valence-electron chi connectivity index (χ1n) is 6.43. The van der Waals surface area contributed by atoms with E-state index >= 15 is 0 Å². The number of anilines is 1. The van der Waals surface area contributed by atoms with Gasteiger partial charge in [-0.05, 0) is 6.92 Å². The van der Waals surface area contributed by atoms with E-state index in [4.69, 9.17) is 5.73 Å². The number of rotatable bonds is 2. The number of hydrogen-bond acceptors (Lipinski definition) is 5. The maximum absolute atomic E-state index is 5.62. The zero-order valence-electron chi connectivity index (χ0n) is 11.3. The molecule has 2 aromatic heterocycles. The first-order chi connectivity index (χ1) is 9.13. The third-order valence-corrected chi connectivity index (χ3v) is 3.73. The predicted octanol–water partition coefficient (Wildman–Crippen LogP) is 0.659. The van der Waals surface area contributed by atoms with Gasteiger partial charge in [0.05, 0.1) is 11.4 Å². The van der Waals surface area contributed by atoms with Crippen molar-refractivity contribution in [3.63, 3.8) is 0 Å². The smallest absolute Gasteiger partial charge is 0.220 e. The molecule has 0 fully saturated rings. The molecule has 0 radical (unpaired) electrons. The van der Waals surface area contributed by atoms with Crippen LogP contribution in [0.1, 0.15) is 22.8 Å². The molecule has 2 N–H and O–H groups in total. The number of nitrogen functional groups attached to an aromatic ring is 1. The molecule has 0 unspecified atom stereocenters. The van der Waals surface area contributed by atoms with Crippen molar-refractivity contribution in [2.45, 2.75) is 26.4 Å². The van der Waals surface area contributed by atoms with Gasteiger partial charge in [0, 0.05) is 51.1 Å². The Kier molecular flexibility index (Phi) is 2.94. The van der Waals surface area contributed by atoms with Gasteiger partial charge in [0.1, 0.15) is 5.82 Å². The average molecular weight is 258 g/mol. The second-order valence-electron chi connectivity index (χ2n) is 5.02. The van der Waals surface area contributed by atoms with Crippen LogP contribution < -0.4 is 5.73 Å². The Morgan fingerprint density at radius 3 is 2.89 bits per heavy atom. The summed E-state index contributed by atoms with van der Waals surface area (Å²) in [6.07, 6.45) is 4.72. The molecule has 6 heteroatoms. The molecule has 0 aliphatic carbocycles. The van der Waals surface area contributed by atoms with Gasteiger partial charge in [0.2, 0.25) is 5.95 Å². The van der Waals surface area contributed by atoms with E-state index in [1.165, 1.54) is 11.3 Å². The normalized spacial score (nSPS) is 15.5. The molecule has 3 rings (SSSR count). The van der Waals surface area contributed by atoms with Crippen molar-refractivity contribution < 1.29 is 0 Å². The fraction of sp³-hybridized carbons (Fsp3) is 0.462. The van der Waals surface area contributed by atoms with Crippen LogP contribution in [-0.4, -0.2) is 31.0 Å². The Balaban J connectivity index is 1.75. The van der Waals surface area contributed by atoms with E-state index in [9.17, 15) is 0 Å². The molecule has 1 aliphatic heterocycles. The van der Waals surface area contributed by atoms with Gasteiger partial charge in [0.25, 0.3) is 0 Å². The third-order valence-electron chi connectivity index (χ3n) is 3.73. The molecule has 0 amide bonds. The molecule has 0 bridgehead atoms. The van der Waals surface area contributed by atoms with Gasteiger partial charge in [-0.2, -0.15) is 0 Å². The lowest BCUT2D eigenvalue weighted by atomic mass is 10.1. The number of nitrogens with two attached hydrogens (primary N) is 1. The lowest BCUT2D eigenvalue weighted by Crippen LogP contribution is -2.31. The second-order valence-corrected chi connectivity index (χ2v) is 5.02. The van der Waals surface area contributed by atoms with Gasteiger partial charge in [-0.3, -0.25) is 4.90 Å². The van der Waals surface area contributed by atoms with Crippen LogP contribution in [0.15, 0.2) is 12.4 Å². The number of aromatic nitrogens is 4. The minimum Gasteiger partial charge on any atom is -0.368 e. The summed E-state index contributed by atoms with van der Waals surface area (Å²) in [5.74, 6) is 1.41. The van der Waals surface area contributed by atoms with Crippen LogP contribution >= 0.6 is 0 Å². The minimum absolute atomic E-state index is 0.370. The van der Waals surface area contributed by atoms with Gasteiger partial charge in [0.15, 0.2) is 0 Å². The number of hydrogen-bond donors (Lipinski definition) is 1. The van der Waals surface area contributed by atoms with E-state index in [0.29, 0.717) is 5.95 Å². The number of aryl methyl sites for hydroxylation is 1. The quantitative estimate of drug-likeness (QED) is 0.856. The summed E-state index contributed by atoms with van der Waals surface area (Å²) in [5.41, 5.74) is 9.12. The van der Waals surface area contributed by atoms with Crippen LogP contribution in [0.4, 0.5) is 5.95 Å². The Morgan fingerprint density at radius 1 is 1.32 bits per heavy atom. The zero-order chi connectivity index (χ0) is 13.4. The highest BCUT2D eigenvalue weighted by Crippen LogP contribution is 2.19. The van der Waals surface area contributed by atoms with E-state index in [0.717, 1.165) is 37.6 Å². The van der Waals surface area contributed by atoms with Gasteiger partial charge in [-0.15, -0.1) is 0 Å². The van der Waals surface area contributed by atoms with Crippen LogP contribution in [-0.2, 0) is 26.6 Å². The average Bonchev–Trinajstić information content (AvgIpc) is 2.71. The fourth-order valence-electron chi connectivity index (χ4n) is 2.45. The largest absolute Gasteiger partial charge is 0.368 e. The van der Waals surface area contributed by atoms with Crippen molar-refractivity contribution in [3.8, 4) is 0 Å². The molecule has 6 nitrogen and oxygen atoms in total. The van der Waals surface area contributed by atoms with E-state index in [2.05, 4.69) is 31.5 Å². The van der Waals surface area contributed by atoms with E-state index < -0.39 is 0 Å². The van der Waals surface area contributed by atoms with Crippen molar-refractivity contribution in [2.24, 2.45) is 7.05 Å². The topological polar surface area (TPSA) is 72.9 Å². The molecule has 3 heterocycles. The SMILES string of the molecule is Cc1ncc(CN2CCc3nc(N)ncc3C2)n1C. The Morgan fingerprint density at radius 2 is 2.16 bits per heavy atom. The van der Waals surface area contributed by atoms with E-state index in [-0.39, 0.29) is 0 Å².